The molecule has 1 aliphatic heterocycles. The third kappa shape index (κ3) is 5.92. The van der Waals surface area contributed by atoms with Crippen molar-refractivity contribution < 1.29 is 4.79 Å². The first-order valence-corrected chi connectivity index (χ1v) is 8.37. The smallest absolute Gasteiger partial charge is 0.237 e. The minimum Gasteiger partial charge on any atom is -0.353 e. The van der Waals surface area contributed by atoms with Gasteiger partial charge >= 0.3 is 0 Å². The summed E-state index contributed by atoms with van der Waals surface area (Å²) in [5.74, 6) is 0.132. The van der Waals surface area contributed by atoms with Crippen molar-refractivity contribution in [1.82, 2.24) is 10.2 Å². The Hall–Kier alpha value is -0.810. The Morgan fingerprint density at radius 2 is 1.88 bits per heavy atom. The van der Waals surface area contributed by atoms with Crippen LogP contribution < -0.4 is 11.1 Å². The molecule has 4 nitrogen and oxygen atoms in total. The highest BCUT2D eigenvalue weighted by Crippen LogP contribution is 2.21. The molecule has 2 atom stereocenters. The first-order chi connectivity index (χ1) is 10.5. The fourth-order valence-corrected chi connectivity index (χ4v) is 3.00. The number of fused-ring (bicyclic) bond motifs is 1. The third-order valence-corrected chi connectivity index (χ3v) is 4.68. The van der Waals surface area contributed by atoms with E-state index in [1.54, 1.807) is 0 Å². The summed E-state index contributed by atoms with van der Waals surface area (Å²) in [6.45, 7) is 8.84. The van der Waals surface area contributed by atoms with Crippen LogP contribution in [0, 0.1) is 5.92 Å². The van der Waals surface area contributed by atoms with E-state index in [0.717, 1.165) is 25.9 Å². The summed E-state index contributed by atoms with van der Waals surface area (Å²) >= 11 is 0. The maximum atomic E-state index is 12.0. The normalized spacial score (nSPS) is 16.4. The van der Waals surface area contributed by atoms with Crippen molar-refractivity contribution in [2.45, 2.75) is 52.2 Å². The molecule has 0 spiro atoms. The summed E-state index contributed by atoms with van der Waals surface area (Å²) in [7, 11) is 0. The predicted octanol–water partition coefficient (Wildman–Crippen LogP) is 2.77. The van der Waals surface area contributed by atoms with Gasteiger partial charge in [-0.15, -0.1) is 24.8 Å². The SMILES string of the molecule is CCC(CNC(=O)[C@@H](N)C(C)C)N1CCc2ccccc2C1.Cl.Cl. The summed E-state index contributed by atoms with van der Waals surface area (Å²) in [5, 5.41) is 3.03. The van der Waals surface area contributed by atoms with Gasteiger partial charge in [0.15, 0.2) is 0 Å². The molecular weight excluding hydrogens is 345 g/mol. The number of benzene rings is 1. The first kappa shape index (κ1) is 23.2. The Balaban J connectivity index is 0.00000264. The van der Waals surface area contributed by atoms with Gasteiger partial charge < -0.3 is 11.1 Å². The molecule has 0 saturated carbocycles. The quantitative estimate of drug-likeness (QED) is 0.803. The van der Waals surface area contributed by atoms with Gasteiger partial charge in [-0.3, -0.25) is 9.69 Å². The fourth-order valence-electron chi connectivity index (χ4n) is 3.00. The lowest BCUT2D eigenvalue weighted by molar-refractivity contribution is -0.123. The summed E-state index contributed by atoms with van der Waals surface area (Å²) in [5.41, 5.74) is 8.78. The van der Waals surface area contributed by atoms with Gasteiger partial charge in [0.05, 0.1) is 6.04 Å². The molecule has 0 radical (unpaired) electrons. The van der Waals surface area contributed by atoms with Gasteiger partial charge in [-0.25, -0.2) is 0 Å². The number of halogens is 2. The number of hydrogen-bond acceptors (Lipinski definition) is 3. The van der Waals surface area contributed by atoms with Crippen molar-refractivity contribution in [3.8, 4) is 0 Å². The summed E-state index contributed by atoms with van der Waals surface area (Å²) < 4.78 is 0. The van der Waals surface area contributed by atoms with Gasteiger partial charge in [-0.1, -0.05) is 45.0 Å². The maximum Gasteiger partial charge on any atom is 0.237 e. The van der Waals surface area contributed by atoms with Crippen LogP contribution in [-0.4, -0.2) is 36.0 Å². The molecule has 0 aliphatic carbocycles. The Bertz CT molecular complexity index is 511. The largest absolute Gasteiger partial charge is 0.353 e. The molecule has 0 bridgehead atoms. The molecule has 0 saturated heterocycles. The van der Waals surface area contributed by atoms with Crippen LogP contribution in [0.1, 0.15) is 38.3 Å². The molecule has 138 valence electrons. The highest BCUT2D eigenvalue weighted by atomic mass is 35.5. The average Bonchev–Trinajstić information content (AvgIpc) is 2.54. The maximum absolute atomic E-state index is 12.0. The van der Waals surface area contributed by atoms with Crippen LogP contribution in [0.2, 0.25) is 0 Å². The van der Waals surface area contributed by atoms with Crippen molar-refractivity contribution in [2.75, 3.05) is 13.1 Å². The Morgan fingerprint density at radius 1 is 1.25 bits per heavy atom. The average molecular weight is 376 g/mol. The van der Waals surface area contributed by atoms with Crippen LogP contribution in [0.3, 0.4) is 0 Å². The number of nitrogens with one attached hydrogen (secondary N) is 1. The van der Waals surface area contributed by atoms with E-state index in [1.165, 1.54) is 11.1 Å². The molecular formula is C18H31Cl2N3O. The second kappa shape index (κ2) is 10.9. The van der Waals surface area contributed by atoms with Gasteiger partial charge in [-0.05, 0) is 29.9 Å². The van der Waals surface area contributed by atoms with Gasteiger partial charge in [-0.2, -0.15) is 0 Å². The first-order valence-electron chi connectivity index (χ1n) is 8.37. The zero-order chi connectivity index (χ0) is 16.1. The molecule has 1 amide bonds. The lowest BCUT2D eigenvalue weighted by atomic mass is 9.98. The van der Waals surface area contributed by atoms with E-state index in [-0.39, 0.29) is 36.6 Å². The van der Waals surface area contributed by atoms with Crippen molar-refractivity contribution >= 4 is 30.7 Å². The van der Waals surface area contributed by atoms with E-state index in [2.05, 4.69) is 41.4 Å². The second-order valence-corrected chi connectivity index (χ2v) is 6.57. The predicted molar refractivity (Wildman–Crippen MR) is 105 cm³/mol. The van der Waals surface area contributed by atoms with Crippen LogP contribution in [-0.2, 0) is 17.8 Å². The Labute approximate surface area is 158 Å². The summed E-state index contributed by atoms with van der Waals surface area (Å²) in [6, 6.07) is 8.60. The summed E-state index contributed by atoms with van der Waals surface area (Å²) in [4.78, 5) is 14.5. The van der Waals surface area contributed by atoms with Crippen LogP contribution in [0.25, 0.3) is 0 Å². The number of carbonyl (C=O) groups is 1. The van der Waals surface area contributed by atoms with Gasteiger partial charge in [0.2, 0.25) is 5.91 Å². The molecule has 2 rings (SSSR count). The van der Waals surface area contributed by atoms with Crippen molar-refractivity contribution in [3.63, 3.8) is 0 Å². The van der Waals surface area contributed by atoms with Gasteiger partial charge in [0.25, 0.3) is 0 Å². The lowest BCUT2D eigenvalue weighted by Gasteiger charge is -2.35. The van der Waals surface area contributed by atoms with E-state index in [9.17, 15) is 4.79 Å². The van der Waals surface area contributed by atoms with Crippen molar-refractivity contribution in [2.24, 2.45) is 11.7 Å². The van der Waals surface area contributed by atoms with Crippen molar-refractivity contribution in [1.29, 1.82) is 0 Å². The molecule has 24 heavy (non-hydrogen) atoms. The minimum absolute atomic E-state index is 0. The Morgan fingerprint density at radius 3 is 2.46 bits per heavy atom. The molecule has 3 N–H and O–H groups in total. The van der Waals surface area contributed by atoms with E-state index in [1.807, 2.05) is 13.8 Å². The molecule has 1 aromatic carbocycles. The fraction of sp³-hybridized carbons (Fsp3) is 0.611. The topological polar surface area (TPSA) is 58.4 Å². The van der Waals surface area contributed by atoms with Gasteiger partial charge in [0.1, 0.15) is 0 Å². The minimum atomic E-state index is -0.417. The number of carbonyl (C=O) groups excluding carboxylic acids is 1. The Kier molecular flexibility index (Phi) is 10.6. The standard InChI is InChI=1S/C18H29N3O.2ClH/c1-4-16(11-20-18(22)17(19)13(2)3)21-10-9-14-7-5-6-8-15(14)12-21;;/h5-8,13,16-17H,4,9-12,19H2,1-3H3,(H,20,22);2*1H/t16?,17-;;/m0../s1. The number of rotatable bonds is 6. The molecule has 0 aromatic heterocycles. The third-order valence-electron chi connectivity index (χ3n) is 4.68. The second-order valence-electron chi connectivity index (χ2n) is 6.57. The van der Waals surface area contributed by atoms with E-state index < -0.39 is 6.04 Å². The van der Waals surface area contributed by atoms with Crippen LogP contribution in [0.15, 0.2) is 24.3 Å². The van der Waals surface area contributed by atoms with Gasteiger partial charge in [0, 0.05) is 25.7 Å². The van der Waals surface area contributed by atoms with Crippen molar-refractivity contribution in [3.05, 3.63) is 35.4 Å². The number of nitrogens with two attached hydrogens (primary N) is 1. The van der Waals surface area contributed by atoms with Crippen LogP contribution >= 0.6 is 24.8 Å². The molecule has 1 heterocycles. The number of hydrogen-bond donors (Lipinski definition) is 2. The zero-order valence-electron chi connectivity index (χ0n) is 14.8. The zero-order valence-corrected chi connectivity index (χ0v) is 16.5. The van der Waals surface area contributed by atoms with E-state index >= 15 is 0 Å². The molecule has 1 unspecified atom stereocenters. The molecule has 0 fully saturated rings. The number of nitrogens with zero attached hydrogens (tertiary/aromatic N) is 1. The van der Waals surface area contributed by atoms with E-state index in [0.29, 0.717) is 12.6 Å². The number of amides is 1. The molecule has 6 heteroatoms. The van der Waals surface area contributed by atoms with E-state index in [4.69, 9.17) is 5.73 Å². The highest BCUT2D eigenvalue weighted by molar-refractivity contribution is 5.85. The molecule has 1 aromatic rings. The lowest BCUT2D eigenvalue weighted by Crippen LogP contribution is -2.50. The molecule has 1 aliphatic rings. The van der Waals surface area contributed by atoms with Crippen LogP contribution in [0.4, 0.5) is 0 Å². The monoisotopic (exact) mass is 375 g/mol. The highest BCUT2D eigenvalue weighted by Gasteiger charge is 2.24. The van der Waals surface area contributed by atoms with Crippen LogP contribution in [0.5, 0.6) is 0 Å². The summed E-state index contributed by atoms with van der Waals surface area (Å²) in [6.07, 6.45) is 2.12.